The average molecular weight is 408 g/mol. The van der Waals surface area contributed by atoms with Gasteiger partial charge in [-0.3, -0.25) is 13.9 Å². The molecule has 150 valence electrons. The normalized spacial score (nSPS) is 11.2. The summed E-state index contributed by atoms with van der Waals surface area (Å²) in [6.07, 6.45) is -0.429. The van der Waals surface area contributed by atoms with E-state index < -0.39 is 34.5 Å². The van der Waals surface area contributed by atoms with Crippen LogP contribution in [0.5, 0.6) is 0 Å². The number of nitrogens with one attached hydrogen (secondary N) is 1. The van der Waals surface area contributed by atoms with Gasteiger partial charge in [0.1, 0.15) is 12.4 Å². The van der Waals surface area contributed by atoms with E-state index in [4.69, 9.17) is 4.74 Å². The van der Waals surface area contributed by atoms with Crippen molar-refractivity contribution in [3.63, 3.8) is 0 Å². The van der Waals surface area contributed by atoms with E-state index in [9.17, 15) is 22.4 Å². The highest BCUT2D eigenvalue weighted by molar-refractivity contribution is 7.92. The Bertz CT molecular complexity index is 959. The van der Waals surface area contributed by atoms with Gasteiger partial charge >= 0.3 is 5.97 Å². The molecule has 9 heteroatoms. The minimum atomic E-state index is -4.19. The monoisotopic (exact) mass is 408 g/mol. The summed E-state index contributed by atoms with van der Waals surface area (Å²) >= 11 is 0. The van der Waals surface area contributed by atoms with Crippen molar-refractivity contribution < 1.29 is 27.1 Å². The summed E-state index contributed by atoms with van der Waals surface area (Å²) in [5.74, 6) is -1.71. The van der Waals surface area contributed by atoms with Crippen molar-refractivity contribution in [3.05, 3.63) is 54.3 Å². The van der Waals surface area contributed by atoms with Gasteiger partial charge in [-0.1, -0.05) is 6.07 Å². The molecule has 2 aromatic rings. The van der Waals surface area contributed by atoms with Crippen LogP contribution < -0.4 is 9.62 Å². The first-order valence-corrected chi connectivity index (χ1v) is 9.89. The van der Waals surface area contributed by atoms with E-state index in [0.717, 1.165) is 10.4 Å². The second-order valence-electron chi connectivity index (χ2n) is 6.24. The predicted octanol–water partition coefficient (Wildman–Crippen LogP) is 2.93. The molecule has 0 radical (unpaired) electrons. The number of sulfonamides is 1. The molecular formula is C19H21FN2O5S. The number of halogens is 1. The van der Waals surface area contributed by atoms with Gasteiger partial charge in [-0.05, 0) is 56.3 Å². The molecule has 0 aliphatic rings. The Balaban J connectivity index is 2.42. The summed E-state index contributed by atoms with van der Waals surface area (Å²) in [5, 5.41) is 2.53. The molecule has 1 amide bonds. The van der Waals surface area contributed by atoms with E-state index >= 15 is 0 Å². The van der Waals surface area contributed by atoms with Gasteiger partial charge < -0.3 is 10.1 Å². The maximum Gasteiger partial charge on any atom is 0.327 e. The molecule has 0 aromatic heterocycles. The van der Waals surface area contributed by atoms with Crippen LogP contribution in [0.3, 0.4) is 0 Å². The summed E-state index contributed by atoms with van der Waals surface area (Å²) in [4.78, 5) is 23.1. The molecule has 0 bridgehead atoms. The quantitative estimate of drug-likeness (QED) is 0.711. The molecule has 2 aromatic carbocycles. The zero-order valence-corrected chi connectivity index (χ0v) is 16.5. The molecule has 0 saturated heterocycles. The van der Waals surface area contributed by atoms with Crippen molar-refractivity contribution in [2.75, 3.05) is 16.2 Å². The summed E-state index contributed by atoms with van der Waals surface area (Å²) in [5.41, 5.74) is 0.412. The topological polar surface area (TPSA) is 92.8 Å². The zero-order chi connectivity index (χ0) is 20.9. The van der Waals surface area contributed by atoms with Crippen LogP contribution >= 0.6 is 0 Å². The third-order valence-corrected chi connectivity index (χ3v) is 5.29. The average Bonchev–Trinajstić information content (AvgIpc) is 2.59. The Labute approximate surface area is 163 Å². The van der Waals surface area contributed by atoms with Crippen LogP contribution in [-0.4, -0.2) is 32.9 Å². The van der Waals surface area contributed by atoms with Crippen molar-refractivity contribution in [2.24, 2.45) is 0 Å². The SMILES string of the molecule is CC(=O)Nc1ccc(S(=O)(=O)N(CC(=O)OC(C)C)c2cccc(F)c2)cc1. The molecule has 28 heavy (non-hydrogen) atoms. The number of ether oxygens (including phenoxy) is 1. The third kappa shape index (κ3) is 5.53. The van der Waals surface area contributed by atoms with E-state index in [1.165, 1.54) is 49.4 Å². The second kappa shape index (κ2) is 8.83. The highest BCUT2D eigenvalue weighted by Gasteiger charge is 2.28. The fourth-order valence-electron chi connectivity index (χ4n) is 2.40. The van der Waals surface area contributed by atoms with Crippen molar-refractivity contribution in [2.45, 2.75) is 31.8 Å². The summed E-state index contributed by atoms with van der Waals surface area (Å²) in [6, 6.07) is 10.3. The number of esters is 1. The second-order valence-corrected chi connectivity index (χ2v) is 8.10. The van der Waals surface area contributed by atoms with Crippen LogP contribution in [0.2, 0.25) is 0 Å². The fourth-order valence-corrected chi connectivity index (χ4v) is 3.81. The van der Waals surface area contributed by atoms with E-state index in [0.29, 0.717) is 5.69 Å². The number of hydrogen-bond donors (Lipinski definition) is 1. The molecule has 0 fully saturated rings. The van der Waals surface area contributed by atoms with Crippen LogP contribution in [-0.2, 0) is 24.3 Å². The fraction of sp³-hybridized carbons (Fsp3) is 0.263. The number of amides is 1. The Morgan fingerprint density at radius 2 is 1.79 bits per heavy atom. The zero-order valence-electron chi connectivity index (χ0n) is 15.7. The van der Waals surface area contributed by atoms with Gasteiger partial charge in [0.05, 0.1) is 16.7 Å². The third-order valence-electron chi connectivity index (χ3n) is 3.50. The summed E-state index contributed by atoms with van der Waals surface area (Å²) in [6.45, 7) is 3.99. The molecule has 0 unspecified atom stereocenters. The number of carbonyl (C=O) groups excluding carboxylic acids is 2. The Morgan fingerprint density at radius 3 is 2.32 bits per heavy atom. The Hall–Kier alpha value is -2.94. The molecular weight excluding hydrogens is 387 g/mol. The smallest absolute Gasteiger partial charge is 0.327 e. The number of rotatable bonds is 7. The van der Waals surface area contributed by atoms with Crippen molar-refractivity contribution >= 4 is 33.3 Å². The molecule has 2 rings (SSSR count). The minimum Gasteiger partial charge on any atom is -0.462 e. The number of anilines is 2. The number of carbonyl (C=O) groups is 2. The van der Waals surface area contributed by atoms with Gasteiger partial charge in [-0.25, -0.2) is 12.8 Å². The number of nitrogens with zero attached hydrogens (tertiary/aromatic N) is 1. The summed E-state index contributed by atoms with van der Waals surface area (Å²) in [7, 11) is -4.19. The first-order chi connectivity index (χ1) is 13.1. The van der Waals surface area contributed by atoms with Gasteiger partial charge in [0.15, 0.2) is 0 Å². The van der Waals surface area contributed by atoms with Crippen molar-refractivity contribution in [1.29, 1.82) is 0 Å². The highest BCUT2D eigenvalue weighted by atomic mass is 32.2. The molecule has 0 aliphatic carbocycles. The lowest BCUT2D eigenvalue weighted by Gasteiger charge is -2.24. The molecule has 0 heterocycles. The lowest BCUT2D eigenvalue weighted by Crippen LogP contribution is -2.37. The molecule has 7 nitrogen and oxygen atoms in total. The van der Waals surface area contributed by atoms with Gasteiger partial charge in [0.25, 0.3) is 10.0 Å². The van der Waals surface area contributed by atoms with Gasteiger partial charge in [0.2, 0.25) is 5.91 Å². The molecule has 0 atom stereocenters. The van der Waals surface area contributed by atoms with E-state index in [2.05, 4.69) is 5.32 Å². The van der Waals surface area contributed by atoms with Crippen LogP contribution in [0, 0.1) is 5.82 Å². The first kappa shape index (κ1) is 21.4. The van der Waals surface area contributed by atoms with Crippen LogP contribution in [0.15, 0.2) is 53.4 Å². The van der Waals surface area contributed by atoms with Crippen LogP contribution in [0.1, 0.15) is 20.8 Å². The minimum absolute atomic E-state index is 0.00774. The molecule has 1 N–H and O–H groups in total. The largest absolute Gasteiger partial charge is 0.462 e. The van der Waals surface area contributed by atoms with E-state index in [-0.39, 0.29) is 16.5 Å². The van der Waals surface area contributed by atoms with E-state index in [1.807, 2.05) is 0 Å². The molecule has 0 saturated carbocycles. The Kier molecular flexibility index (Phi) is 6.74. The van der Waals surface area contributed by atoms with Gasteiger partial charge in [0, 0.05) is 12.6 Å². The summed E-state index contributed by atoms with van der Waals surface area (Å²) < 4.78 is 45.7. The maximum absolute atomic E-state index is 13.7. The maximum atomic E-state index is 13.7. The predicted molar refractivity (Wildman–Crippen MR) is 103 cm³/mol. The standard InChI is InChI=1S/C19H21FN2O5S/c1-13(2)27-19(24)12-22(17-6-4-5-15(20)11-17)28(25,26)18-9-7-16(8-10-18)21-14(3)23/h4-11,13H,12H2,1-3H3,(H,21,23). The Morgan fingerprint density at radius 1 is 1.14 bits per heavy atom. The first-order valence-electron chi connectivity index (χ1n) is 8.45. The van der Waals surface area contributed by atoms with Gasteiger partial charge in [-0.15, -0.1) is 0 Å². The highest BCUT2D eigenvalue weighted by Crippen LogP contribution is 2.25. The van der Waals surface area contributed by atoms with E-state index in [1.54, 1.807) is 13.8 Å². The number of hydrogen-bond acceptors (Lipinski definition) is 5. The lowest BCUT2D eigenvalue weighted by molar-refractivity contribution is -0.145. The number of benzene rings is 2. The van der Waals surface area contributed by atoms with Crippen LogP contribution in [0.25, 0.3) is 0 Å². The lowest BCUT2D eigenvalue weighted by atomic mass is 10.3. The molecule has 0 aliphatic heterocycles. The van der Waals surface area contributed by atoms with Crippen molar-refractivity contribution in [1.82, 2.24) is 0 Å². The van der Waals surface area contributed by atoms with Gasteiger partial charge in [-0.2, -0.15) is 0 Å². The van der Waals surface area contributed by atoms with Crippen LogP contribution in [0.4, 0.5) is 15.8 Å². The molecule has 0 spiro atoms. The van der Waals surface area contributed by atoms with Crippen molar-refractivity contribution in [3.8, 4) is 0 Å².